The predicted octanol–water partition coefficient (Wildman–Crippen LogP) is 3.10. The fraction of sp³-hybridized carbons (Fsp3) is 0.385. The summed E-state index contributed by atoms with van der Waals surface area (Å²) in [6, 6.07) is 14.9. The minimum atomic E-state index is -3.52. The normalized spacial score (nSPS) is 25.4. The van der Waals surface area contributed by atoms with Gasteiger partial charge in [-0.1, -0.05) is 43.3 Å². The number of rotatable bonds is 9. The Balaban J connectivity index is 1.44. The summed E-state index contributed by atoms with van der Waals surface area (Å²) in [5.74, 6) is -1.34. The Labute approximate surface area is 200 Å². The van der Waals surface area contributed by atoms with Crippen molar-refractivity contribution in [3.8, 4) is 0 Å². The van der Waals surface area contributed by atoms with Gasteiger partial charge in [-0.3, -0.25) is 14.5 Å². The van der Waals surface area contributed by atoms with Gasteiger partial charge in [-0.15, -0.1) is 6.58 Å². The van der Waals surface area contributed by atoms with Crippen molar-refractivity contribution in [2.75, 3.05) is 12.3 Å². The average molecular weight is 484 g/mol. The van der Waals surface area contributed by atoms with E-state index in [1.807, 2.05) is 6.92 Å². The molecule has 0 saturated carbocycles. The largest absolute Gasteiger partial charge is 0.391 e. The molecule has 34 heavy (non-hydrogen) atoms. The summed E-state index contributed by atoms with van der Waals surface area (Å²) in [5, 5.41) is 10.8. The lowest BCUT2D eigenvalue weighted by Gasteiger charge is -2.23. The van der Waals surface area contributed by atoms with E-state index in [0.717, 1.165) is 4.90 Å². The van der Waals surface area contributed by atoms with Crippen molar-refractivity contribution < 1.29 is 27.9 Å². The molecular formula is C26H29NO6S. The molecule has 2 aromatic carbocycles. The van der Waals surface area contributed by atoms with Gasteiger partial charge < -0.3 is 9.84 Å². The van der Waals surface area contributed by atoms with Crippen molar-refractivity contribution >= 4 is 21.7 Å². The van der Waals surface area contributed by atoms with Crippen LogP contribution in [-0.4, -0.2) is 60.8 Å². The minimum Gasteiger partial charge on any atom is -0.391 e. The Kier molecular flexibility index (Phi) is 7.02. The summed E-state index contributed by atoms with van der Waals surface area (Å²) >= 11 is 0. The van der Waals surface area contributed by atoms with Crippen LogP contribution in [0.25, 0.3) is 0 Å². The van der Waals surface area contributed by atoms with Crippen LogP contribution in [0.15, 0.2) is 72.1 Å². The first-order valence-electron chi connectivity index (χ1n) is 11.4. The van der Waals surface area contributed by atoms with Gasteiger partial charge in [0, 0.05) is 12.3 Å². The molecule has 0 spiro atoms. The molecule has 0 radical (unpaired) electrons. The Morgan fingerprint density at radius 1 is 1.03 bits per heavy atom. The highest BCUT2D eigenvalue weighted by atomic mass is 32.2. The summed E-state index contributed by atoms with van der Waals surface area (Å²) in [5.41, 5.74) is 0.671. The average Bonchev–Trinajstić information content (AvgIpc) is 3.23. The highest BCUT2D eigenvalue weighted by Gasteiger charge is 2.44. The zero-order valence-electron chi connectivity index (χ0n) is 19.0. The zero-order valence-corrected chi connectivity index (χ0v) is 19.9. The number of sulfone groups is 1. The number of hydrogen-bond acceptors (Lipinski definition) is 6. The molecule has 0 bridgehead atoms. The molecule has 180 valence electrons. The van der Waals surface area contributed by atoms with Gasteiger partial charge in [0.25, 0.3) is 11.8 Å². The monoisotopic (exact) mass is 483 g/mol. The second kappa shape index (κ2) is 9.82. The molecule has 2 aliphatic heterocycles. The van der Waals surface area contributed by atoms with Gasteiger partial charge in [-0.05, 0) is 36.6 Å². The van der Waals surface area contributed by atoms with Crippen molar-refractivity contribution in [2.45, 2.75) is 43.0 Å². The van der Waals surface area contributed by atoms with Crippen LogP contribution in [0.1, 0.15) is 40.5 Å². The lowest BCUT2D eigenvalue weighted by atomic mass is 9.87. The van der Waals surface area contributed by atoms with E-state index in [-0.39, 0.29) is 41.6 Å². The van der Waals surface area contributed by atoms with Gasteiger partial charge in [0.2, 0.25) is 0 Å². The number of hydrogen-bond donors (Lipinski definition) is 1. The fourth-order valence-electron chi connectivity index (χ4n) is 4.92. The molecule has 1 fully saturated rings. The number of carbonyl (C=O) groups excluding carboxylic acids is 2. The molecule has 5 atom stereocenters. The van der Waals surface area contributed by atoms with Gasteiger partial charge in [-0.2, -0.15) is 0 Å². The third kappa shape index (κ3) is 4.71. The van der Waals surface area contributed by atoms with Crippen molar-refractivity contribution in [1.29, 1.82) is 0 Å². The lowest BCUT2D eigenvalue weighted by Crippen LogP contribution is -2.39. The van der Waals surface area contributed by atoms with Gasteiger partial charge in [-0.25, -0.2) is 8.42 Å². The van der Waals surface area contributed by atoms with E-state index in [4.69, 9.17) is 4.74 Å². The standard InChI is InChI=1S/C26H29NO6S/c1-3-9-23-22(16-34(31,32)19-10-5-4-6-11-19)17(2)24(33-23)14-18(28)15-27-25(29)20-12-7-8-13-21(20)26(27)30/h3-8,10-13,17-18,22-24,28H,1,9,14-16H2,2H3/t17-,18+,22-,23+,24-/m1/s1. The Bertz CT molecular complexity index is 1140. The van der Waals surface area contributed by atoms with Crippen LogP contribution in [0.2, 0.25) is 0 Å². The summed E-state index contributed by atoms with van der Waals surface area (Å²) < 4.78 is 32.2. The maximum absolute atomic E-state index is 13.0. The quantitative estimate of drug-likeness (QED) is 0.435. The number of aliphatic hydroxyl groups excluding tert-OH is 1. The van der Waals surface area contributed by atoms with Crippen LogP contribution >= 0.6 is 0 Å². The van der Waals surface area contributed by atoms with E-state index >= 15 is 0 Å². The summed E-state index contributed by atoms with van der Waals surface area (Å²) in [6.45, 7) is 5.55. The number of carbonyl (C=O) groups is 2. The van der Waals surface area contributed by atoms with Crippen molar-refractivity contribution in [2.24, 2.45) is 11.8 Å². The number of aliphatic hydroxyl groups is 1. The lowest BCUT2D eigenvalue weighted by molar-refractivity contribution is -0.00417. The highest BCUT2D eigenvalue weighted by molar-refractivity contribution is 7.91. The second-order valence-corrected chi connectivity index (χ2v) is 11.0. The van der Waals surface area contributed by atoms with Crippen LogP contribution in [0.3, 0.4) is 0 Å². The smallest absolute Gasteiger partial charge is 0.261 e. The Morgan fingerprint density at radius 3 is 2.21 bits per heavy atom. The van der Waals surface area contributed by atoms with E-state index in [1.165, 1.54) is 0 Å². The molecule has 8 heteroatoms. The van der Waals surface area contributed by atoms with E-state index in [9.17, 15) is 23.1 Å². The molecule has 2 aliphatic rings. The number of imide groups is 1. The van der Waals surface area contributed by atoms with Crippen LogP contribution in [-0.2, 0) is 14.6 Å². The van der Waals surface area contributed by atoms with E-state index in [1.54, 1.807) is 60.7 Å². The molecule has 0 aliphatic carbocycles. The molecule has 0 unspecified atom stereocenters. The Morgan fingerprint density at radius 2 is 1.62 bits per heavy atom. The van der Waals surface area contributed by atoms with Crippen molar-refractivity contribution in [3.63, 3.8) is 0 Å². The van der Waals surface area contributed by atoms with E-state index in [0.29, 0.717) is 17.5 Å². The number of β-amino-alcohol motifs (C(OH)–C–C–N with tert-alkyl or cyclic N) is 1. The first kappa shape index (κ1) is 24.3. The van der Waals surface area contributed by atoms with Crippen LogP contribution in [0.5, 0.6) is 0 Å². The number of amides is 2. The first-order chi connectivity index (χ1) is 16.2. The number of ether oxygens (including phenoxy) is 1. The van der Waals surface area contributed by atoms with E-state index < -0.39 is 33.9 Å². The number of nitrogens with zero attached hydrogens (tertiary/aromatic N) is 1. The summed E-state index contributed by atoms with van der Waals surface area (Å²) in [7, 11) is -3.52. The highest BCUT2D eigenvalue weighted by Crippen LogP contribution is 2.38. The zero-order chi connectivity index (χ0) is 24.5. The Hall–Kier alpha value is -2.81. The SMILES string of the molecule is C=CC[C@@H]1O[C@H](C[C@H](O)CN2C(=O)c3ccccc3C2=O)[C@H](C)[C@H]1CS(=O)(=O)c1ccccc1. The van der Waals surface area contributed by atoms with Gasteiger partial charge in [0.15, 0.2) is 9.84 Å². The number of fused-ring (bicyclic) bond motifs is 1. The van der Waals surface area contributed by atoms with Gasteiger partial charge in [0.05, 0.1) is 46.6 Å². The summed E-state index contributed by atoms with van der Waals surface area (Å²) in [4.78, 5) is 26.6. The fourth-order valence-corrected chi connectivity index (χ4v) is 6.71. The first-order valence-corrected chi connectivity index (χ1v) is 13.1. The predicted molar refractivity (Wildman–Crippen MR) is 127 cm³/mol. The van der Waals surface area contributed by atoms with Crippen LogP contribution in [0, 0.1) is 11.8 Å². The van der Waals surface area contributed by atoms with Gasteiger partial charge in [0.1, 0.15) is 0 Å². The molecule has 2 heterocycles. The van der Waals surface area contributed by atoms with E-state index in [2.05, 4.69) is 6.58 Å². The van der Waals surface area contributed by atoms with Crippen molar-refractivity contribution in [3.05, 3.63) is 78.4 Å². The van der Waals surface area contributed by atoms with Crippen molar-refractivity contribution in [1.82, 2.24) is 4.90 Å². The maximum Gasteiger partial charge on any atom is 0.261 e. The molecular weight excluding hydrogens is 454 g/mol. The second-order valence-electron chi connectivity index (χ2n) is 9.01. The maximum atomic E-state index is 13.0. The third-order valence-electron chi connectivity index (χ3n) is 6.78. The van der Waals surface area contributed by atoms with Crippen LogP contribution < -0.4 is 0 Å². The third-order valence-corrected chi connectivity index (χ3v) is 8.59. The molecule has 0 aromatic heterocycles. The molecule has 7 nitrogen and oxygen atoms in total. The molecule has 2 aromatic rings. The van der Waals surface area contributed by atoms with Crippen LogP contribution in [0.4, 0.5) is 0 Å². The molecule has 4 rings (SSSR count). The number of benzene rings is 2. The molecule has 1 N–H and O–H groups in total. The summed E-state index contributed by atoms with van der Waals surface area (Å²) in [6.07, 6.45) is 0.628. The van der Waals surface area contributed by atoms with Gasteiger partial charge >= 0.3 is 0 Å². The molecule has 1 saturated heterocycles. The topological polar surface area (TPSA) is 101 Å². The minimum absolute atomic E-state index is 0.0678. The molecule has 2 amide bonds.